The van der Waals surface area contributed by atoms with Gasteiger partial charge < -0.3 is 4.74 Å². The Labute approximate surface area is 98.5 Å². The second-order valence-electron chi connectivity index (χ2n) is 4.12. The molecule has 0 fully saturated rings. The predicted molar refractivity (Wildman–Crippen MR) is 63.2 cm³/mol. The van der Waals surface area contributed by atoms with E-state index in [2.05, 4.69) is 11.1 Å². The van der Waals surface area contributed by atoms with Gasteiger partial charge in [-0.2, -0.15) is 0 Å². The average molecular weight is 228 g/mol. The van der Waals surface area contributed by atoms with Crippen LogP contribution in [-0.4, -0.2) is 16.2 Å². The standard InChI is InChI=1S/C13H12N2O2/c16-13-5-6-14-9-15(13)7-10-8-17-12-4-2-1-3-11(10)12/h1-6,9-10H,7-8H2. The second kappa shape index (κ2) is 4.05. The molecule has 0 saturated carbocycles. The SMILES string of the molecule is O=c1ccncn1CC1COc2ccccc21. The number of hydrogen-bond acceptors (Lipinski definition) is 3. The first kappa shape index (κ1) is 10.1. The van der Waals surface area contributed by atoms with Crippen LogP contribution < -0.4 is 10.3 Å². The zero-order valence-electron chi connectivity index (χ0n) is 9.24. The maximum Gasteiger partial charge on any atom is 0.253 e. The van der Waals surface area contributed by atoms with Crippen LogP contribution >= 0.6 is 0 Å². The number of hydrogen-bond donors (Lipinski definition) is 0. The predicted octanol–water partition coefficient (Wildman–Crippen LogP) is 1.42. The number of rotatable bonds is 2. The number of fused-ring (bicyclic) bond motifs is 1. The minimum absolute atomic E-state index is 0.0237. The van der Waals surface area contributed by atoms with Crippen LogP contribution in [0.4, 0.5) is 0 Å². The summed E-state index contributed by atoms with van der Waals surface area (Å²) < 4.78 is 7.21. The van der Waals surface area contributed by atoms with Crippen molar-refractivity contribution in [2.24, 2.45) is 0 Å². The highest BCUT2D eigenvalue weighted by Gasteiger charge is 2.23. The van der Waals surface area contributed by atoms with Crippen molar-refractivity contribution < 1.29 is 4.74 Å². The number of benzene rings is 1. The highest BCUT2D eigenvalue weighted by atomic mass is 16.5. The Hall–Kier alpha value is -2.10. The molecule has 1 aromatic heterocycles. The van der Waals surface area contributed by atoms with Gasteiger partial charge in [0, 0.05) is 30.3 Å². The molecule has 0 N–H and O–H groups in total. The van der Waals surface area contributed by atoms with E-state index in [0.29, 0.717) is 13.2 Å². The van der Waals surface area contributed by atoms with E-state index < -0.39 is 0 Å². The number of aromatic nitrogens is 2. The summed E-state index contributed by atoms with van der Waals surface area (Å²) in [6.07, 6.45) is 3.08. The van der Waals surface area contributed by atoms with Gasteiger partial charge in [0.05, 0.1) is 12.9 Å². The van der Waals surface area contributed by atoms with E-state index in [0.717, 1.165) is 5.75 Å². The summed E-state index contributed by atoms with van der Waals surface area (Å²) in [7, 11) is 0. The molecular formula is C13H12N2O2. The first-order valence-electron chi connectivity index (χ1n) is 5.57. The fourth-order valence-electron chi connectivity index (χ4n) is 2.13. The van der Waals surface area contributed by atoms with Gasteiger partial charge >= 0.3 is 0 Å². The Bertz CT molecular complexity index is 592. The fourth-order valence-corrected chi connectivity index (χ4v) is 2.13. The lowest BCUT2D eigenvalue weighted by Gasteiger charge is -2.10. The van der Waals surface area contributed by atoms with Gasteiger partial charge in [0.25, 0.3) is 5.56 Å². The number of nitrogens with zero attached hydrogens (tertiary/aromatic N) is 2. The van der Waals surface area contributed by atoms with Crippen LogP contribution in [0.25, 0.3) is 0 Å². The molecule has 1 aliphatic heterocycles. The molecule has 4 heteroatoms. The molecule has 0 saturated heterocycles. The molecule has 1 unspecified atom stereocenters. The van der Waals surface area contributed by atoms with Crippen molar-refractivity contribution in [1.29, 1.82) is 0 Å². The molecule has 4 nitrogen and oxygen atoms in total. The second-order valence-corrected chi connectivity index (χ2v) is 4.12. The maximum atomic E-state index is 11.6. The van der Waals surface area contributed by atoms with Crippen LogP contribution in [0, 0.1) is 0 Å². The van der Waals surface area contributed by atoms with Gasteiger partial charge in [0.2, 0.25) is 0 Å². The molecule has 1 atom stereocenters. The van der Waals surface area contributed by atoms with E-state index in [1.807, 2.05) is 18.2 Å². The number of ether oxygens (including phenoxy) is 1. The van der Waals surface area contributed by atoms with Crippen molar-refractivity contribution in [3.63, 3.8) is 0 Å². The largest absolute Gasteiger partial charge is 0.493 e. The molecule has 0 amide bonds. The lowest BCUT2D eigenvalue weighted by Crippen LogP contribution is -2.23. The first-order valence-corrected chi connectivity index (χ1v) is 5.57. The molecule has 0 bridgehead atoms. The zero-order valence-corrected chi connectivity index (χ0v) is 9.24. The van der Waals surface area contributed by atoms with Crippen LogP contribution in [0.2, 0.25) is 0 Å². The summed E-state index contributed by atoms with van der Waals surface area (Å²) >= 11 is 0. The van der Waals surface area contributed by atoms with Crippen molar-refractivity contribution in [3.8, 4) is 5.75 Å². The lowest BCUT2D eigenvalue weighted by atomic mass is 10.0. The first-order chi connectivity index (χ1) is 8.34. The topological polar surface area (TPSA) is 44.1 Å². The van der Waals surface area contributed by atoms with E-state index in [1.54, 1.807) is 10.9 Å². The summed E-state index contributed by atoms with van der Waals surface area (Å²) in [5.41, 5.74) is 1.15. The Kier molecular flexibility index (Phi) is 2.40. The van der Waals surface area contributed by atoms with E-state index in [4.69, 9.17) is 4.74 Å². The third-order valence-electron chi connectivity index (χ3n) is 3.01. The summed E-state index contributed by atoms with van der Waals surface area (Å²) in [4.78, 5) is 15.6. The molecular weight excluding hydrogens is 216 g/mol. The lowest BCUT2D eigenvalue weighted by molar-refractivity contribution is 0.317. The number of para-hydroxylation sites is 1. The molecule has 0 radical (unpaired) electrons. The van der Waals surface area contributed by atoms with Gasteiger partial charge in [-0.3, -0.25) is 9.36 Å². The van der Waals surface area contributed by atoms with Crippen LogP contribution in [0.5, 0.6) is 5.75 Å². The minimum atomic E-state index is -0.0237. The third kappa shape index (κ3) is 1.82. The van der Waals surface area contributed by atoms with Crippen molar-refractivity contribution in [1.82, 2.24) is 9.55 Å². The Balaban J connectivity index is 1.89. The molecule has 0 spiro atoms. The highest BCUT2D eigenvalue weighted by molar-refractivity contribution is 5.39. The molecule has 2 heterocycles. The molecule has 1 aliphatic rings. The Morgan fingerprint density at radius 2 is 2.24 bits per heavy atom. The van der Waals surface area contributed by atoms with Crippen LogP contribution in [0.15, 0.2) is 47.7 Å². The molecule has 17 heavy (non-hydrogen) atoms. The van der Waals surface area contributed by atoms with Crippen LogP contribution in [0.3, 0.4) is 0 Å². The van der Waals surface area contributed by atoms with Gasteiger partial charge in [-0.1, -0.05) is 18.2 Å². The van der Waals surface area contributed by atoms with Crippen molar-refractivity contribution in [2.45, 2.75) is 12.5 Å². The van der Waals surface area contributed by atoms with Crippen molar-refractivity contribution >= 4 is 0 Å². The quantitative estimate of drug-likeness (QED) is 0.780. The zero-order chi connectivity index (χ0) is 11.7. The van der Waals surface area contributed by atoms with Crippen molar-refractivity contribution in [3.05, 3.63) is 58.8 Å². The van der Waals surface area contributed by atoms with E-state index in [-0.39, 0.29) is 11.5 Å². The average Bonchev–Trinajstić information content (AvgIpc) is 2.76. The van der Waals surface area contributed by atoms with Crippen molar-refractivity contribution in [2.75, 3.05) is 6.61 Å². The molecule has 2 aromatic rings. The van der Waals surface area contributed by atoms with Gasteiger partial charge in [0.15, 0.2) is 0 Å². The van der Waals surface area contributed by atoms with Gasteiger partial charge in [-0.25, -0.2) is 4.98 Å². The monoisotopic (exact) mass is 228 g/mol. The van der Waals surface area contributed by atoms with E-state index >= 15 is 0 Å². The molecule has 1 aromatic carbocycles. The fraction of sp³-hybridized carbons (Fsp3) is 0.231. The highest BCUT2D eigenvalue weighted by Crippen LogP contribution is 2.33. The normalized spacial score (nSPS) is 17.5. The molecule has 3 rings (SSSR count). The van der Waals surface area contributed by atoms with Gasteiger partial charge in [0.1, 0.15) is 5.75 Å². The molecule has 86 valence electrons. The van der Waals surface area contributed by atoms with Crippen LogP contribution in [0.1, 0.15) is 11.5 Å². The Morgan fingerprint density at radius 3 is 3.12 bits per heavy atom. The van der Waals surface area contributed by atoms with E-state index in [1.165, 1.54) is 17.8 Å². The Morgan fingerprint density at radius 1 is 1.35 bits per heavy atom. The summed E-state index contributed by atoms with van der Waals surface area (Å²) in [6, 6.07) is 9.43. The van der Waals surface area contributed by atoms with Gasteiger partial charge in [-0.15, -0.1) is 0 Å². The summed E-state index contributed by atoms with van der Waals surface area (Å²) in [5, 5.41) is 0. The summed E-state index contributed by atoms with van der Waals surface area (Å²) in [5.74, 6) is 1.16. The maximum absolute atomic E-state index is 11.6. The third-order valence-corrected chi connectivity index (χ3v) is 3.01. The summed E-state index contributed by atoms with van der Waals surface area (Å²) in [6.45, 7) is 1.24. The van der Waals surface area contributed by atoms with Crippen LogP contribution in [-0.2, 0) is 6.54 Å². The van der Waals surface area contributed by atoms with Gasteiger partial charge in [-0.05, 0) is 6.07 Å². The minimum Gasteiger partial charge on any atom is -0.493 e. The van der Waals surface area contributed by atoms with E-state index in [9.17, 15) is 4.79 Å². The smallest absolute Gasteiger partial charge is 0.253 e. The molecule has 0 aliphatic carbocycles.